The number of carbonyl (C=O) groups excluding carboxylic acids is 1. The maximum atomic E-state index is 12.4. The maximum Gasteiger partial charge on any atom is 0.269 e. The highest BCUT2D eigenvalue weighted by atomic mass is 16.5. The Labute approximate surface area is 159 Å². The van der Waals surface area contributed by atoms with Crippen LogP contribution in [-0.2, 0) is 6.42 Å². The van der Waals surface area contributed by atoms with Crippen LogP contribution in [0, 0.1) is 0 Å². The number of rotatable bonds is 8. The molecule has 0 unspecified atom stereocenters. The third-order valence-electron chi connectivity index (χ3n) is 4.15. The predicted octanol–water partition coefficient (Wildman–Crippen LogP) is 4.20. The van der Waals surface area contributed by atoms with Crippen molar-refractivity contribution in [2.75, 3.05) is 19.0 Å². The van der Waals surface area contributed by atoms with Crippen molar-refractivity contribution >= 4 is 17.3 Å². The number of amides is 1. The fourth-order valence-electron chi connectivity index (χ4n) is 2.77. The molecular weight excluding hydrogens is 338 g/mol. The molecule has 1 aromatic heterocycles. The number of ether oxygens (including phenoxy) is 1. The van der Waals surface area contributed by atoms with Gasteiger partial charge in [0.2, 0.25) is 0 Å². The normalized spacial score (nSPS) is 10.3. The quantitative estimate of drug-likeness (QED) is 0.590. The molecule has 3 aromatic rings. The lowest BCUT2D eigenvalue weighted by atomic mass is 10.1. The van der Waals surface area contributed by atoms with Crippen LogP contribution in [0.2, 0.25) is 0 Å². The van der Waals surface area contributed by atoms with E-state index in [9.17, 15) is 4.79 Å². The molecule has 3 rings (SSSR count). The molecular formula is C22H23N3O2. The Balaban J connectivity index is 1.55. The lowest BCUT2D eigenvalue weighted by Gasteiger charge is -2.11. The van der Waals surface area contributed by atoms with Crippen molar-refractivity contribution in [3.63, 3.8) is 0 Å². The number of hydrogen-bond acceptors (Lipinski definition) is 4. The number of nitrogens with one attached hydrogen (secondary N) is 2. The number of carbonyl (C=O) groups is 1. The molecule has 0 saturated carbocycles. The zero-order chi connectivity index (χ0) is 18.9. The first kappa shape index (κ1) is 18.5. The largest absolute Gasteiger partial charge is 0.495 e. The minimum atomic E-state index is -0.174. The molecule has 2 N–H and O–H groups in total. The van der Waals surface area contributed by atoms with Crippen LogP contribution >= 0.6 is 0 Å². The Kier molecular flexibility index (Phi) is 6.41. The molecule has 0 radical (unpaired) electrons. The van der Waals surface area contributed by atoms with Gasteiger partial charge >= 0.3 is 0 Å². The van der Waals surface area contributed by atoms with E-state index >= 15 is 0 Å². The van der Waals surface area contributed by atoms with Gasteiger partial charge in [0.05, 0.1) is 12.8 Å². The molecule has 138 valence electrons. The minimum Gasteiger partial charge on any atom is -0.495 e. The number of aryl methyl sites for hydroxylation is 1. The summed E-state index contributed by atoms with van der Waals surface area (Å²) in [6, 6.07) is 21.4. The zero-order valence-electron chi connectivity index (χ0n) is 15.3. The van der Waals surface area contributed by atoms with E-state index in [0.29, 0.717) is 12.2 Å². The van der Waals surface area contributed by atoms with Crippen molar-refractivity contribution in [2.45, 2.75) is 12.8 Å². The van der Waals surface area contributed by atoms with Gasteiger partial charge in [-0.25, -0.2) is 0 Å². The maximum absolute atomic E-state index is 12.4. The number of aromatic nitrogens is 1. The molecule has 1 amide bonds. The van der Waals surface area contributed by atoms with Crippen molar-refractivity contribution in [1.29, 1.82) is 0 Å². The molecule has 0 saturated heterocycles. The highest BCUT2D eigenvalue weighted by molar-refractivity contribution is 5.93. The molecule has 0 aliphatic heterocycles. The van der Waals surface area contributed by atoms with Gasteiger partial charge < -0.3 is 15.4 Å². The molecule has 5 heteroatoms. The Morgan fingerprint density at radius 2 is 1.81 bits per heavy atom. The highest BCUT2D eigenvalue weighted by Gasteiger charge is 2.09. The number of anilines is 2. The Morgan fingerprint density at radius 1 is 1.04 bits per heavy atom. The van der Waals surface area contributed by atoms with Crippen molar-refractivity contribution < 1.29 is 9.53 Å². The molecule has 0 spiro atoms. The molecule has 0 bridgehead atoms. The summed E-state index contributed by atoms with van der Waals surface area (Å²) in [4.78, 5) is 16.5. The van der Waals surface area contributed by atoms with Gasteiger partial charge in [0, 0.05) is 18.4 Å². The molecule has 0 aliphatic rings. The van der Waals surface area contributed by atoms with E-state index in [1.165, 1.54) is 5.56 Å². The van der Waals surface area contributed by atoms with Gasteiger partial charge in [-0.2, -0.15) is 0 Å². The smallest absolute Gasteiger partial charge is 0.269 e. The second-order valence-electron chi connectivity index (χ2n) is 6.10. The number of nitrogens with zero attached hydrogens (tertiary/aromatic N) is 1. The first-order chi connectivity index (χ1) is 13.3. The first-order valence-electron chi connectivity index (χ1n) is 8.94. The SMILES string of the molecule is COc1ccccc1Nc1ccnc(C(=O)NCCCc2ccccc2)c1. The van der Waals surface area contributed by atoms with Crippen LogP contribution in [0.15, 0.2) is 72.9 Å². The summed E-state index contributed by atoms with van der Waals surface area (Å²) in [5, 5.41) is 6.19. The fraction of sp³-hybridized carbons (Fsp3) is 0.182. The standard InChI is InChI=1S/C22H23N3O2/c1-27-21-12-6-5-11-19(21)25-18-13-15-23-20(16-18)22(26)24-14-7-10-17-8-3-2-4-9-17/h2-6,8-9,11-13,15-16H,7,10,14H2,1H3,(H,23,25)(H,24,26). The summed E-state index contributed by atoms with van der Waals surface area (Å²) in [6.45, 7) is 0.611. The Bertz CT molecular complexity index is 881. The van der Waals surface area contributed by atoms with E-state index in [2.05, 4.69) is 27.8 Å². The van der Waals surface area contributed by atoms with Gasteiger partial charge in [-0.1, -0.05) is 42.5 Å². The predicted molar refractivity (Wildman–Crippen MR) is 108 cm³/mol. The van der Waals surface area contributed by atoms with Crippen LogP contribution in [0.3, 0.4) is 0 Å². The molecule has 0 fully saturated rings. The van der Waals surface area contributed by atoms with Crippen LogP contribution in [-0.4, -0.2) is 24.5 Å². The molecule has 0 aliphatic carbocycles. The van der Waals surface area contributed by atoms with Gasteiger partial charge in [-0.15, -0.1) is 0 Å². The van der Waals surface area contributed by atoms with E-state index < -0.39 is 0 Å². The molecule has 1 heterocycles. The fourth-order valence-corrected chi connectivity index (χ4v) is 2.77. The van der Waals surface area contributed by atoms with Gasteiger partial charge in [-0.05, 0) is 42.7 Å². The number of methoxy groups -OCH3 is 1. The van der Waals surface area contributed by atoms with Crippen LogP contribution in [0.4, 0.5) is 11.4 Å². The van der Waals surface area contributed by atoms with Crippen LogP contribution in [0.5, 0.6) is 5.75 Å². The molecule has 2 aromatic carbocycles. The summed E-state index contributed by atoms with van der Waals surface area (Å²) in [7, 11) is 1.63. The van der Waals surface area contributed by atoms with Gasteiger partial charge in [-0.3, -0.25) is 9.78 Å². The molecule has 27 heavy (non-hydrogen) atoms. The lowest BCUT2D eigenvalue weighted by Crippen LogP contribution is -2.25. The zero-order valence-corrected chi connectivity index (χ0v) is 15.3. The van der Waals surface area contributed by atoms with E-state index in [0.717, 1.165) is 30.0 Å². The highest BCUT2D eigenvalue weighted by Crippen LogP contribution is 2.26. The van der Waals surface area contributed by atoms with Crippen molar-refractivity contribution in [2.24, 2.45) is 0 Å². The number of hydrogen-bond donors (Lipinski definition) is 2. The Hall–Kier alpha value is -3.34. The summed E-state index contributed by atoms with van der Waals surface area (Å²) < 4.78 is 5.34. The van der Waals surface area contributed by atoms with Gasteiger partial charge in [0.25, 0.3) is 5.91 Å². The summed E-state index contributed by atoms with van der Waals surface area (Å²) >= 11 is 0. The minimum absolute atomic E-state index is 0.174. The average Bonchev–Trinajstić information content (AvgIpc) is 2.72. The van der Waals surface area contributed by atoms with E-state index in [1.807, 2.05) is 48.5 Å². The van der Waals surface area contributed by atoms with Crippen molar-refractivity contribution in [3.05, 3.63) is 84.2 Å². The number of para-hydroxylation sites is 2. The summed E-state index contributed by atoms with van der Waals surface area (Å²) in [5.41, 5.74) is 3.27. The van der Waals surface area contributed by atoms with Gasteiger partial charge in [0.1, 0.15) is 11.4 Å². The van der Waals surface area contributed by atoms with E-state index in [4.69, 9.17) is 4.74 Å². The summed E-state index contributed by atoms with van der Waals surface area (Å²) in [6.07, 6.45) is 3.44. The third-order valence-corrected chi connectivity index (χ3v) is 4.15. The van der Waals surface area contributed by atoms with Gasteiger partial charge in [0.15, 0.2) is 0 Å². The topological polar surface area (TPSA) is 63.2 Å². The van der Waals surface area contributed by atoms with Crippen molar-refractivity contribution in [3.8, 4) is 5.75 Å². The first-order valence-corrected chi connectivity index (χ1v) is 8.94. The Morgan fingerprint density at radius 3 is 2.63 bits per heavy atom. The van der Waals surface area contributed by atoms with Crippen molar-refractivity contribution in [1.82, 2.24) is 10.3 Å². The molecule has 0 atom stereocenters. The number of pyridine rings is 1. The number of benzene rings is 2. The summed E-state index contributed by atoms with van der Waals surface area (Å²) in [5.74, 6) is 0.563. The van der Waals surface area contributed by atoms with Crippen LogP contribution < -0.4 is 15.4 Å². The van der Waals surface area contributed by atoms with Crippen LogP contribution in [0.1, 0.15) is 22.5 Å². The second-order valence-corrected chi connectivity index (χ2v) is 6.10. The second kappa shape index (κ2) is 9.38. The average molecular weight is 361 g/mol. The van der Waals surface area contributed by atoms with E-state index in [1.54, 1.807) is 19.4 Å². The van der Waals surface area contributed by atoms with Crippen LogP contribution in [0.25, 0.3) is 0 Å². The van der Waals surface area contributed by atoms with E-state index in [-0.39, 0.29) is 5.91 Å². The lowest BCUT2D eigenvalue weighted by molar-refractivity contribution is 0.0948. The third kappa shape index (κ3) is 5.31. The monoisotopic (exact) mass is 361 g/mol. The molecule has 5 nitrogen and oxygen atoms in total.